The van der Waals surface area contributed by atoms with Gasteiger partial charge < -0.3 is 5.32 Å². The fourth-order valence-corrected chi connectivity index (χ4v) is 1.28. The third kappa shape index (κ3) is 3.74. The average Bonchev–Trinajstić information content (AvgIpc) is 2.35. The highest BCUT2D eigenvalue weighted by atomic mass is 15.0. The Labute approximate surface area is 93.4 Å². The number of rotatable bonds is 0. The van der Waals surface area contributed by atoms with E-state index < -0.39 is 0 Å². The van der Waals surface area contributed by atoms with Crippen molar-refractivity contribution in [1.29, 1.82) is 0 Å². The molecule has 0 unspecified atom stereocenters. The van der Waals surface area contributed by atoms with Gasteiger partial charge in [-0.05, 0) is 13.0 Å². The molecule has 2 rings (SSSR count). The van der Waals surface area contributed by atoms with Crippen molar-refractivity contribution in [2.75, 3.05) is 12.0 Å². The molecule has 0 amide bonds. The second kappa shape index (κ2) is 8.04. The maximum absolute atomic E-state index is 4.28. The standard InChI is InChI=1S/C9H10N2.2C2H6/c1-7-8-4-2-3-5-9(8)11-6-10-7;2*1-2/h2-5,11H,6H2,1H3;2*1-2H3. The summed E-state index contributed by atoms with van der Waals surface area (Å²) in [5, 5.41) is 3.21. The Kier molecular flexibility index (Phi) is 7.33. The molecule has 15 heavy (non-hydrogen) atoms. The van der Waals surface area contributed by atoms with E-state index >= 15 is 0 Å². The fourth-order valence-electron chi connectivity index (χ4n) is 1.28. The first-order chi connectivity index (χ1) is 7.38. The highest BCUT2D eigenvalue weighted by molar-refractivity contribution is 6.04. The third-order valence-electron chi connectivity index (χ3n) is 1.90. The predicted molar refractivity (Wildman–Crippen MR) is 69.8 cm³/mol. The van der Waals surface area contributed by atoms with Crippen LogP contribution in [0.3, 0.4) is 0 Å². The summed E-state index contributed by atoms with van der Waals surface area (Å²) in [6.45, 7) is 10.8. The number of anilines is 1. The van der Waals surface area contributed by atoms with Crippen molar-refractivity contribution in [2.24, 2.45) is 4.99 Å². The summed E-state index contributed by atoms with van der Waals surface area (Å²) in [5.41, 5.74) is 3.54. The van der Waals surface area contributed by atoms with E-state index in [0.717, 1.165) is 5.71 Å². The molecule has 0 aliphatic carbocycles. The van der Waals surface area contributed by atoms with Crippen LogP contribution in [0.5, 0.6) is 0 Å². The summed E-state index contributed by atoms with van der Waals surface area (Å²) in [5.74, 6) is 0. The zero-order chi connectivity index (χ0) is 11.7. The lowest BCUT2D eigenvalue weighted by Crippen LogP contribution is -2.12. The Morgan fingerprint density at radius 1 is 1.07 bits per heavy atom. The highest BCUT2D eigenvalue weighted by Crippen LogP contribution is 2.18. The second-order valence-corrected chi connectivity index (χ2v) is 2.62. The second-order valence-electron chi connectivity index (χ2n) is 2.62. The number of para-hydroxylation sites is 1. The van der Waals surface area contributed by atoms with Crippen molar-refractivity contribution in [3.05, 3.63) is 29.8 Å². The van der Waals surface area contributed by atoms with E-state index in [1.54, 1.807) is 0 Å². The molecular weight excluding hydrogens is 184 g/mol. The monoisotopic (exact) mass is 206 g/mol. The van der Waals surface area contributed by atoms with Crippen LogP contribution in [0.2, 0.25) is 0 Å². The molecule has 0 saturated heterocycles. The van der Waals surface area contributed by atoms with Gasteiger partial charge in [0.05, 0.1) is 0 Å². The van der Waals surface area contributed by atoms with Gasteiger partial charge in [-0.25, -0.2) is 0 Å². The lowest BCUT2D eigenvalue weighted by atomic mass is 10.1. The van der Waals surface area contributed by atoms with Crippen LogP contribution in [0, 0.1) is 0 Å². The van der Waals surface area contributed by atoms with Crippen LogP contribution < -0.4 is 5.32 Å². The maximum Gasteiger partial charge on any atom is 0.108 e. The molecule has 1 aromatic rings. The van der Waals surface area contributed by atoms with Crippen molar-refractivity contribution < 1.29 is 0 Å². The minimum absolute atomic E-state index is 0.711. The van der Waals surface area contributed by atoms with E-state index in [1.165, 1.54) is 11.3 Å². The van der Waals surface area contributed by atoms with Gasteiger partial charge in [0, 0.05) is 17.0 Å². The summed E-state index contributed by atoms with van der Waals surface area (Å²) in [6.07, 6.45) is 0. The molecule has 0 fully saturated rings. The van der Waals surface area contributed by atoms with Gasteiger partial charge in [0.2, 0.25) is 0 Å². The molecule has 1 aromatic carbocycles. The minimum Gasteiger partial charge on any atom is -0.366 e. The number of nitrogens with zero attached hydrogens (tertiary/aromatic N) is 1. The van der Waals surface area contributed by atoms with Gasteiger partial charge >= 0.3 is 0 Å². The van der Waals surface area contributed by atoms with Crippen LogP contribution in [0.15, 0.2) is 29.3 Å². The molecule has 0 atom stereocenters. The van der Waals surface area contributed by atoms with Crippen LogP contribution in [-0.4, -0.2) is 12.4 Å². The van der Waals surface area contributed by atoms with Crippen molar-refractivity contribution in [2.45, 2.75) is 34.6 Å². The quantitative estimate of drug-likeness (QED) is 0.683. The molecule has 0 radical (unpaired) electrons. The van der Waals surface area contributed by atoms with Gasteiger partial charge in [0.15, 0.2) is 0 Å². The number of benzene rings is 1. The van der Waals surface area contributed by atoms with Crippen molar-refractivity contribution in [1.82, 2.24) is 0 Å². The summed E-state index contributed by atoms with van der Waals surface area (Å²) in [6, 6.07) is 8.23. The molecule has 1 aliphatic rings. The molecule has 0 bridgehead atoms. The van der Waals surface area contributed by atoms with Crippen molar-refractivity contribution in [3.63, 3.8) is 0 Å². The molecule has 2 heteroatoms. The maximum atomic E-state index is 4.28. The van der Waals surface area contributed by atoms with E-state index in [0.29, 0.717) is 6.67 Å². The van der Waals surface area contributed by atoms with Gasteiger partial charge in [-0.2, -0.15) is 0 Å². The van der Waals surface area contributed by atoms with E-state index in [1.807, 2.05) is 46.8 Å². The zero-order valence-corrected chi connectivity index (χ0v) is 10.5. The molecule has 1 aliphatic heterocycles. The van der Waals surface area contributed by atoms with Crippen molar-refractivity contribution >= 4 is 11.4 Å². The molecular formula is C13H22N2. The molecule has 0 saturated carbocycles. The summed E-state index contributed by atoms with van der Waals surface area (Å²) in [7, 11) is 0. The molecule has 1 N–H and O–H groups in total. The summed E-state index contributed by atoms with van der Waals surface area (Å²) >= 11 is 0. The summed E-state index contributed by atoms with van der Waals surface area (Å²) in [4.78, 5) is 4.28. The smallest absolute Gasteiger partial charge is 0.108 e. The number of fused-ring (bicyclic) bond motifs is 1. The SMILES string of the molecule is CC.CC.CC1=NCNc2ccccc21. The van der Waals surface area contributed by atoms with E-state index in [-0.39, 0.29) is 0 Å². The number of hydrogen-bond acceptors (Lipinski definition) is 2. The number of nitrogens with one attached hydrogen (secondary N) is 1. The molecule has 84 valence electrons. The molecule has 2 nitrogen and oxygen atoms in total. The van der Waals surface area contributed by atoms with Gasteiger partial charge in [-0.15, -0.1) is 0 Å². The predicted octanol–water partition coefficient (Wildman–Crippen LogP) is 3.93. The van der Waals surface area contributed by atoms with E-state index in [4.69, 9.17) is 0 Å². The lowest BCUT2D eigenvalue weighted by Gasteiger charge is -2.15. The average molecular weight is 206 g/mol. The normalized spacial score (nSPS) is 11.7. The highest BCUT2D eigenvalue weighted by Gasteiger charge is 2.06. The van der Waals surface area contributed by atoms with Crippen LogP contribution >= 0.6 is 0 Å². The van der Waals surface area contributed by atoms with Crippen LogP contribution in [0.1, 0.15) is 40.2 Å². The Balaban J connectivity index is 0.000000442. The Morgan fingerprint density at radius 3 is 2.27 bits per heavy atom. The largest absolute Gasteiger partial charge is 0.366 e. The summed E-state index contributed by atoms with van der Waals surface area (Å²) < 4.78 is 0. The Hall–Kier alpha value is -1.31. The Bertz CT molecular complexity index is 303. The van der Waals surface area contributed by atoms with Crippen LogP contribution in [0.4, 0.5) is 5.69 Å². The first kappa shape index (κ1) is 13.7. The first-order valence-electron chi connectivity index (χ1n) is 5.72. The first-order valence-corrected chi connectivity index (χ1v) is 5.72. The van der Waals surface area contributed by atoms with E-state index in [2.05, 4.69) is 22.4 Å². The van der Waals surface area contributed by atoms with Crippen LogP contribution in [0.25, 0.3) is 0 Å². The minimum atomic E-state index is 0.711. The Morgan fingerprint density at radius 2 is 1.67 bits per heavy atom. The fraction of sp³-hybridized carbons (Fsp3) is 0.462. The number of hydrogen-bond donors (Lipinski definition) is 1. The van der Waals surface area contributed by atoms with Gasteiger partial charge in [-0.3, -0.25) is 4.99 Å². The van der Waals surface area contributed by atoms with E-state index in [9.17, 15) is 0 Å². The zero-order valence-electron chi connectivity index (χ0n) is 10.5. The molecule has 0 spiro atoms. The van der Waals surface area contributed by atoms with Gasteiger partial charge in [0.1, 0.15) is 6.67 Å². The van der Waals surface area contributed by atoms with Crippen molar-refractivity contribution in [3.8, 4) is 0 Å². The van der Waals surface area contributed by atoms with Crippen LogP contribution in [-0.2, 0) is 0 Å². The number of aliphatic imine (C=N–C) groups is 1. The van der Waals surface area contributed by atoms with Gasteiger partial charge in [-0.1, -0.05) is 45.9 Å². The topological polar surface area (TPSA) is 24.4 Å². The third-order valence-corrected chi connectivity index (χ3v) is 1.90. The molecule has 1 heterocycles. The molecule has 0 aromatic heterocycles. The lowest BCUT2D eigenvalue weighted by molar-refractivity contribution is 1.11. The van der Waals surface area contributed by atoms with Gasteiger partial charge in [0.25, 0.3) is 0 Å².